The molecule has 0 radical (unpaired) electrons. The van der Waals surface area contributed by atoms with E-state index in [-0.39, 0.29) is 0 Å². The van der Waals surface area contributed by atoms with Crippen LogP contribution in [0.15, 0.2) is 48.8 Å². The average molecular weight is 210 g/mol. The van der Waals surface area contributed by atoms with Crippen LogP contribution >= 0.6 is 0 Å². The normalized spacial score (nSPS) is 10.8. The van der Waals surface area contributed by atoms with E-state index in [1.807, 2.05) is 42.6 Å². The molecular weight excluding hydrogens is 200 g/mol. The van der Waals surface area contributed by atoms with E-state index in [4.69, 9.17) is 5.73 Å². The summed E-state index contributed by atoms with van der Waals surface area (Å²) in [5.74, 6) is 0.795. The minimum atomic E-state index is 0.727. The molecule has 0 amide bonds. The smallest absolute Gasteiger partial charge is 0.153 e. The fourth-order valence-corrected chi connectivity index (χ4v) is 1.70. The average Bonchev–Trinajstić information content (AvgIpc) is 2.73. The second-order valence-electron chi connectivity index (χ2n) is 3.56. The summed E-state index contributed by atoms with van der Waals surface area (Å²) in [6.45, 7) is 0. The van der Waals surface area contributed by atoms with Crippen molar-refractivity contribution in [2.45, 2.75) is 0 Å². The van der Waals surface area contributed by atoms with Gasteiger partial charge < -0.3 is 5.73 Å². The Kier molecular flexibility index (Phi) is 1.86. The zero-order valence-corrected chi connectivity index (χ0v) is 8.54. The van der Waals surface area contributed by atoms with Crippen molar-refractivity contribution in [2.24, 2.45) is 0 Å². The van der Waals surface area contributed by atoms with E-state index in [1.54, 1.807) is 10.9 Å². The topological polar surface area (TPSA) is 56.7 Å². The first kappa shape index (κ1) is 8.91. The Labute approximate surface area is 92.3 Å². The Morgan fingerprint density at radius 2 is 2.06 bits per heavy atom. The zero-order chi connectivity index (χ0) is 11.0. The molecule has 0 saturated heterocycles. The molecule has 0 aliphatic carbocycles. The van der Waals surface area contributed by atoms with Gasteiger partial charge in [0.25, 0.3) is 0 Å². The quantitative estimate of drug-likeness (QED) is 0.625. The standard InChI is InChI=1S/C12H10N4/c13-10-5-4-9-8-15-16(11(9)7-10)12-3-1-2-6-14-12/h1-8H,13H2. The first-order valence-electron chi connectivity index (χ1n) is 4.99. The van der Waals surface area contributed by atoms with Crippen LogP contribution in [0.4, 0.5) is 5.69 Å². The maximum Gasteiger partial charge on any atom is 0.153 e. The molecule has 1 aromatic carbocycles. The maximum atomic E-state index is 5.77. The number of aromatic nitrogens is 3. The lowest BCUT2D eigenvalue weighted by molar-refractivity contribution is 0.875. The predicted molar refractivity (Wildman–Crippen MR) is 63.3 cm³/mol. The third-order valence-corrected chi connectivity index (χ3v) is 2.46. The molecule has 2 N–H and O–H groups in total. The lowest BCUT2D eigenvalue weighted by atomic mass is 10.2. The molecule has 16 heavy (non-hydrogen) atoms. The summed E-state index contributed by atoms with van der Waals surface area (Å²) in [6, 6.07) is 11.4. The van der Waals surface area contributed by atoms with Gasteiger partial charge in [0.2, 0.25) is 0 Å². The molecular formula is C12H10N4. The first-order chi connectivity index (χ1) is 7.84. The molecule has 78 valence electrons. The molecule has 3 aromatic rings. The molecule has 0 fully saturated rings. The van der Waals surface area contributed by atoms with Crippen molar-refractivity contribution >= 4 is 16.6 Å². The Morgan fingerprint density at radius 1 is 1.12 bits per heavy atom. The van der Waals surface area contributed by atoms with Crippen LogP contribution in [0.2, 0.25) is 0 Å². The van der Waals surface area contributed by atoms with Gasteiger partial charge in [-0.2, -0.15) is 5.10 Å². The molecule has 0 bridgehead atoms. The van der Waals surface area contributed by atoms with Crippen molar-refractivity contribution < 1.29 is 0 Å². The highest BCUT2D eigenvalue weighted by molar-refractivity contribution is 5.83. The van der Waals surface area contributed by atoms with Gasteiger partial charge in [-0.1, -0.05) is 6.07 Å². The molecule has 2 aromatic heterocycles. The SMILES string of the molecule is Nc1ccc2cnn(-c3ccccn3)c2c1. The highest BCUT2D eigenvalue weighted by atomic mass is 15.3. The van der Waals surface area contributed by atoms with Crippen LogP contribution in [0.3, 0.4) is 0 Å². The number of pyridine rings is 1. The Hall–Kier alpha value is -2.36. The number of anilines is 1. The minimum Gasteiger partial charge on any atom is -0.399 e. The van der Waals surface area contributed by atoms with Crippen LogP contribution in [0.25, 0.3) is 16.7 Å². The van der Waals surface area contributed by atoms with Crippen molar-refractivity contribution in [1.29, 1.82) is 0 Å². The number of hydrogen-bond acceptors (Lipinski definition) is 3. The second-order valence-corrected chi connectivity index (χ2v) is 3.56. The minimum absolute atomic E-state index is 0.727. The molecule has 4 heteroatoms. The molecule has 3 rings (SSSR count). The van der Waals surface area contributed by atoms with Gasteiger partial charge in [0, 0.05) is 17.3 Å². The van der Waals surface area contributed by atoms with E-state index in [0.717, 1.165) is 22.4 Å². The zero-order valence-electron chi connectivity index (χ0n) is 8.54. The summed E-state index contributed by atoms with van der Waals surface area (Å²) in [5, 5.41) is 5.36. The number of hydrogen-bond donors (Lipinski definition) is 1. The van der Waals surface area contributed by atoms with Crippen molar-refractivity contribution in [1.82, 2.24) is 14.8 Å². The van der Waals surface area contributed by atoms with E-state index in [2.05, 4.69) is 10.1 Å². The van der Waals surface area contributed by atoms with Crippen LogP contribution in [0.5, 0.6) is 0 Å². The Balaban J connectivity index is 2.29. The van der Waals surface area contributed by atoms with Gasteiger partial charge in [-0.05, 0) is 30.3 Å². The summed E-state index contributed by atoms with van der Waals surface area (Å²) < 4.78 is 1.78. The van der Waals surface area contributed by atoms with Crippen molar-refractivity contribution in [3.05, 3.63) is 48.8 Å². The molecule has 0 aliphatic heterocycles. The van der Waals surface area contributed by atoms with Crippen LogP contribution in [0, 0.1) is 0 Å². The van der Waals surface area contributed by atoms with Crippen molar-refractivity contribution in [3.63, 3.8) is 0 Å². The summed E-state index contributed by atoms with van der Waals surface area (Å²) in [6.07, 6.45) is 3.55. The molecule has 0 spiro atoms. The largest absolute Gasteiger partial charge is 0.399 e. The van der Waals surface area contributed by atoms with Gasteiger partial charge in [0.05, 0.1) is 11.7 Å². The molecule has 0 saturated carbocycles. The van der Waals surface area contributed by atoms with Gasteiger partial charge in [-0.25, -0.2) is 9.67 Å². The highest BCUT2D eigenvalue weighted by Gasteiger charge is 2.04. The van der Waals surface area contributed by atoms with E-state index >= 15 is 0 Å². The number of rotatable bonds is 1. The van der Waals surface area contributed by atoms with Crippen LogP contribution in [-0.2, 0) is 0 Å². The van der Waals surface area contributed by atoms with Gasteiger partial charge in [-0.3, -0.25) is 0 Å². The molecule has 0 unspecified atom stereocenters. The van der Waals surface area contributed by atoms with Gasteiger partial charge >= 0.3 is 0 Å². The third kappa shape index (κ3) is 1.32. The second kappa shape index (κ2) is 3.34. The number of nitrogens with two attached hydrogens (primary N) is 1. The fraction of sp³-hybridized carbons (Fsp3) is 0. The summed E-state index contributed by atoms with van der Waals surface area (Å²) in [5.41, 5.74) is 7.47. The first-order valence-corrected chi connectivity index (χ1v) is 4.99. The van der Waals surface area contributed by atoms with E-state index < -0.39 is 0 Å². The molecule has 4 nitrogen and oxygen atoms in total. The molecule has 2 heterocycles. The van der Waals surface area contributed by atoms with Crippen molar-refractivity contribution in [3.8, 4) is 5.82 Å². The van der Waals surface area contributed by atoms with E-state index in [1.165, 1.54) is 0 Å². The maximum absolute atomic E-state index is 5.77. The lowest BCUT2D eigenvalue weighted by Crippen LogP contribution is -1.98. The lowest BCUT2D eigenvalue weighted by Gasteiger charge is -2.02. The molecule has 0 aliphatic rings. The van der Waals surface area contributed by atoms with Crippen LogP contribution in [-0.4, -0.2) is 14.8 Å². The number of nitrogen functional groups attached to an aromatic ring is 1. The Bertz CT molecular complexity index is 628. The van der Waals surface area contributed by atoms with Crippen LogP contribution in [0.1, 0.15) is 0 Å². The van der Waals surface area contributed by atoms with Crippen LogP contribution < -0.4 is 5.73 Å². The van der Waals surface area contributed by atoms with E-state index in [9.17, 15) is 0 Å². The Morgan fingerprint density at radius 3 is 2.88 bits per heavy atom. The van der Waals surface area contributed by atoms with Gasteiger partial charge in [0.1, 0.15) is 0 Å². The van der Waals surface area contributed by atoms with Gasteiger partial charge in [0.15, 0.2) is 5.82 Å². The monoisotopic (exact) mass is 210 g/mol. The third-order valence-electron chi connectivity index (χ3n) is 2.46. The highest BCUT2D eigenvalue weighted by Crippen LogP contribution is 2.19. The summed E-state index contributed by atoms with van der Waals surface area (Å²) in [4.78, 5) is 4.26. The van der Waals surface area contributed by atoms with Crippen molar-refractivity contribution in [2.75, 3.05) is 5.73 Å². The van der Waals surface area contributed by atoms with Gasteiger partial charge in [-0.15, -0.1) is 0 Å². The van der Waals surface area contributed by atoms with E-state index in [0.29, 0.717) is 0 Å². The summed E-state index contributed by atoms with van der Waals surface area (Å²) >= 11 is 0. The number of nitrogens with zero attached hydrogens (tertiary/aromatic N) is 3. The number of benzene rings is 1. The predicted octanol–water partition coefficient (Wildman–Crippen LogP) is 2.00. The summed E-state index contributed by atoms with van der Waals surface area (Å²) in [7, 11) is 0. The fourth-order valence-electron chi connectivity index (χ4n) is 1.70. The number of fused-ring (bicyclic) bond motifs is 1. The molecule has 0 atom stereocenters.